The Bertz CT molecular complexity index is 2310. The van der Waals surface area contributed by atoms with E-state index in [2.05, 4.69) is 184 Å². The molecule has 9 heteroatoms. The number of allylic oxidation sites excluding steroid dienone is 28. The van der Waals surface area contributed by atoms with Crippen LogP contribution < -0.4 is 5.11 Å². The van der Waals surface area contributed by atoms with E-state index in [1.807, 2.05) is 21.1 Å². The zero-order chi connectivity index (χ0) is 74.6. The second kappa shape index (κ2) is 82.3. The SMILES string of the molecule is CC/C=C\C/C=C\C/C=C\C/C=C\C/C=C\C/C=C\C/C=C\C/C=C\CCCCCCCCCCCCCCC(=O)OC(COC(=O)CCCCCCCCCCCCCCCCCCCCCCCC/C=C\C/C=C\C/C=C\C/C=C\C/C=C\C/C=C\CC)COC(OCC[N+](C)(C)C)C(=O)[O-]. The van der Waals surface area contributed by atoms with Crippen LogP contribution in [0.1, 0.15) is 348 Å². The number of carbonyl (C=O) groups is 3. The first-order chi connectivity index (χ1) is 50.6. The third-order valence-electron chi connectivity index (χ3n) is 18.0. The summed E-state index contributed by atoms with van der Waals surface area (Å²) in [5.74, 6) is -2.28. The number of esters is 2. The quantitative estimate of drug-likeness (QED) is 0.0195. The Balaban J connectivity index is 4.02. The molecule has 0 N–H and O–H groups in total. The van der Waals surface area contributed by atoms with E-state index in [0.717, 1.165) is 128 Å². The monoisotopic (exact) mass is 1430 g/mol. The Kier molecular flexibility index (Phi) is 78.0. The van der Waals surface area contributed by atoms with Gasteiger partial charge in [0.1, 0.15) is 13.2 Å². The predicted molar refractivity (Wildman–Crippen MR) is 444 cm³/mol. The molecule has 0 aromatic carbocycles. The van der Waals surface area contributed by atoms with E-state index in [0.29, 0.717) is 17.4 Å². The Morgan fingerprint density at radius 2 is 0.524 bits per heavy atom. The number of hydrogen-bond donors (Lipinski definition) is 0. The maximum absolute atomic E-state index is 13.0. The number of rotatable bonds is 77. The van der Waals surface area contributed by atoms with E-state index in [1.165, 1.54) is 186 Å². The molecule has 0 aromatic heterocycles. The summed E-state index contributed by atoms with van der Waals surface area (Å²) in [6, 6.07) is 0. The van der Waals surface area contributed by atoms with Gasteiger partial charge in [0.25, 0.3) is 0 Å². The molecule has 0 rings (SSSR count). The summed E-state index contributed by atoms with van der Waals surface area (Å²) in [6.45, 7) is 4.54. The Morgan fingerprint density at radius 1 is 0.291 bits per heavy atom. The highest BCUT2D eigenvalue weighted by molar-refractivity contribution is 5.70. The van der Waals surface area contributed by atoms with Gasteiger partial charge in [0, 0.05) is 12.8 Å². The third-order valence-corrected chi connectivity index (χ3v) is 18.0. The standard InChI is InChI=1S/C94H157NO8/c1-6-8-10-12-14-16-18-20-22-24-26-28-30-32-34-36-38-40-42-44-45-46-47-49-50-52-54-56-58-60-62-64-66-68-70-72-74-76-78-80-82-84-91(96)101-88-90(89-102-94(93(98)99)100-87-86-95(3,4)5)103-92(97)85-83-81-79-77-75-73-71-69-67-65-63-61-59-57-55-53-51-48-43-41-39-37-35-33-31-29-27-25-23-21-19-17-15-13-11-9-7-2/h8-11,14-17,20-23,26-29,32-35,38-41,48,51,55,57,90,94H,6-7,12-13,18-19,24-25,30-31,36-37,42-47,49-50,52-54,56,58-89H2,1-5H3/b10-8-,11-9-,16-14-,17-15-,22-20-,23-21-,28-26-,29-27-,34-32-,35-33-,40-38-,41-39-,51-48-,57-55-. The van der Waals surface area contributed by atoms with Crippen LogP contribution in [0.5, 0.6) is 0 Å². The molecule has 2 atom stereocenters. The van der Waals surface area contributed by atoms with Crippen LogP contribution in [0.3, 0.4) is 0 Å². The van der Waals surface area contributed by atoms with Crippen LogP contribution in [0.4, 0.5) is 0 Å². The number of ether oxygens (including phenoxy) is 4. The molecule has 0 aliphatic carbocycles. The summed E-state index contributed by atoms with van der Waals surface area (Å²) >= 11 is 0. The molecule has 103 heavy (non-hydrogen) atoms. The molecule has 9 nitrogen and oxygen atoms in total. The lowest BCUT2D eigenvalue weighted by Crippen LogP contribution is -2.44. The number of carbonyl (C=O) groups excluding carboxylic acids is 3. The lowest BCUT2D eigenvalue weighted by atomic mass is 10.0. The van der Waals surface area contributed by atoms with Crippen LogP contribution in [0.15, 0.2) is 170 Å². The minimum absolute atomic E-state index is 0.142. The highest BCUT2D eigenvalue weighted by Crippen LogP contribution is 2.18. The molecule has 0 spiro atoms. The van der Waals surface area contributed by atoms with Crippen LogP contribution >= 0.6 is 0 Å². The van der Waals surface area contributed by atoms with Crippen LogP contribution in [0.2, 0.25) is 0 Å². The number of hydrogen-bond acceptors (Lipinski definition) is 8. The van der Waals surface area contributed by atoms with Gasteiger partial charge in [-0.1, -0.05) is 377 Å². The number of aliphatic carboxylic acids is 1. The van der Waals surface area contributed by atoms with Crippen molar-refractivity contribution in [1.29, 1.82) is 0 Å². The van der Waals surface area contributed by atoms with Crippen LogP contribution in [0.25, 0.3) is 0 Å². The number of quaternary nitrogens is 1. The molecular weight excluding hydrogens is 1270 g/mol. The Labute approximate surface area is 635 Å². The highest BCUT2D eigenvalue weighted by atomic mass is 16.7. The molecule has 0 bridgehead atoms. The second-order valence-electron chi connectivity index (χ2n) is 29.0. The van der Waals surface area contributed by atoms with Gasteiger partial charge in [0.05, 0.1) is 40.3 Å². The van der Waals surface area contributed by atoms with Gasteiger partial charge in [-0.2, -0.15) is 0 Å². The summed E-state index contributed by atoms with van der Waals surface area (Å²) in [5, 5.41) is 11.9. The van der Waals surface area contributed by atoms with Crippen molar-refractivity contribution in [2.24, 2.45) is 0 Å². The fraction of sp³-hybridized carbons (Fsp3) is 0.670. The number of likely N-dealkylation sites (N-methyl/N-ethyl adjacent to an activating group) is 1. The van der Waals surface area contributed by atoms with Crippen molar-refractivity contribution in [1.82, 2.24) is 0 Å². The number of unbranched alkanes of at least 4 members (excludes halogenated alkanes) is 34. The summed E-state index contributed by atoms with van der Waals surface area (Å²) < 4.78 is 22.9. The van der Waals surface area contributed by atoms with Gasteiger partial charge < -0.3 is 33.3 Å². The van der Waals surface area contributed by atoms with Gasteiger partial charge >= 0.3 is 11.9 Å². The molecule has 0 fully saturated rings. The minimum atomic E-state index is -1.63. The van der Waals surface area contributed by atoms with Gasteiger partial charge in [-0.25, -0.2) is 0 Å². The molecule has 586 valence electrons. The fourth-order valence-corrected chi connectivity index (χ4v) is 11.6. The van der Waals surface area contributed by atoms with Crippen molar-refractivity contribution in [2.45, 2.75) is 360 Å². The number of nitrogens with zero attached hydrogens (tertiary/aromatic N) is 1. The van der Waals surface area contributed by atoms with Crippen molar-refractivity contribution < 1.29 is 42.9 Å². The van der Waals surface area contributed by atoms with Gasteiger partial charge in [-0.15, -0.1) is 0 Å². The summed E-state index contributed by atoms with van der Waals surface area (Å²) in [5.41, 5.74) is 0. The van der Waals surface area contributed by atoms with Gasteiger partial charge in [-0.3, -0.25) is 9.59 Å². The zero-order valence-corrected chi connectivity index (χ0v) is 67.1. The Hall–Kier alpha value is -5.35. The predicted octanol–water partition coefficient (Wildman–Crippen LogP) is 26.4. The van der Waals surface area contributed by atoms with Crippen molar-refractivity contribution in [3.05, 3.63) is 170 Å². The van der Waals surface area contributed by atoms with Gasteiger partial charge in [-0.05, 0) is 128 Å². The van der Waals surface area contributed by atoms with E-state index < -0.39 is 24.3 Å². The number of carboxylic acid groups (broad SMARTS) is 1. The largest absolute Gasteiger partial charge is 0.545 e. The molecule has 0 aromatic rings. The summed E-state index contributed by atoms with van der Waals surface area (Å²) in [7, 11) is 5.94. The molecular formula is C94H157NO8. The molecule has 0 saturated carbocycles. The van der Waals surface area contributed by atoms with Crippen LogP contribution in [0, 0.1) is 0 Å². The Morgan fingerprint density at radius 3 is 0.777 bits per heavy atom. The minimum Gasteiger partial charge on any atom is -0.545 e. The van der Waals surface area contributed by atoms with E-state index in [9.17, 15) is 19.5 Å². The van der Waals surface area contributed by atoms with Gasteiger partial charge in [0.15, 0.2) is 12.4 Å². The smallest absolute Gasteiger partial charge is 0.306 e. The van der Waals surface area contributed by atoms with E-state index in [-0.39, 0.29) is 38.6 Å². The highest BCUT2D eigenvalue weighted by Gasteiger charge is 2.22. The first-order valence-electron chi connectivity index (χ1n) is 42.3. The first kappa shape index (κ1) is 97.7. The molecule has 0 heterocycles. The van der Waals surface area contributed by atoms with Crippen LogP contribution in [-0.2, 0) is 33.3 Å². The molecule has 0 saturated heterocycles. The maximum Gasteiger partial charge on any atom is 0.306 e. The van der Waals surface area contributed by atoms with E-state index in [1.54, 1.807) is 0 Å². The topological polar surface area (TPSA) is 111 Å². The van der Waals surface area contributed by atoms with Crippen molar-refractivity contribution in [3.63, 3.8) is 0 Å². The fourth-order valence-electron chi connectivity index (χ4n) is 11.6. The molecule has 0 aliphatic rings. The second-order valence-corrected chi connectivity index (χ2v) is 29.0. The molecule has 0 amide bonds. The average molecular weight is 1430 g/mol. The molecule has 0 radical (unpaired) electrons. The summed E-state index contributed by atoms with van der Waals surface area (Å²) in [6.07, 6.45) is 121. The normalized spacial score (nSPS) is 13.5. The van der Waals surface area contributed by atoms with Crippen molar-refractivity contribution >= 4 is 17.9 Å². The third kappa shape index (κ3) is 83.8. The first-order valence-corrected chi connectivity index (χ1v) is 42.3. The van der Waals surface area contributed by atoms with E-state index in [4.69, 9.17) is 18.9 Å². The average Bonchev–Trinajstić information content (AvgIpc) is 1.16. The van der Waals surface area contributed by atoms with E-state index >= 15 is 0 Å². The van der Waals surface area contributed by atoms with Crippen LogP contribution in [-0.4, -0.2) is 82.3 Å². The zero-order valence-electron chi connectivity index (χ0n) is 67.1. The molecule has 2 unspecified atom stereocenters. The van der Waals surface area contributed by atoms with Crippen molar-refractivity contribution in [3.8, 4) is 0 Å². The van der Waals surface area contributed by atoms with Gasteiger partial charge in [0.2, 0.25) is 0 Å². The summed E-state index contributed by atoms with van der Waals surface area (Å²) in [4.78, 5) is 37.7. The number of carboxylic acids is 1. The lowest BCUT2D eigenvalue weighted by Gasteiger charge is -2.26. The lowest BCUT2D eigenvalue weighted by molar-refractivity contribution is -0.870. The molecule has 0 aliphatic heterocycles. The maximum atomic E-state index is 13.0. The van der Waals surface area contributed by atoms with Crippen molar-refractivity contribution in [2.75, 3.05) is 47.5 Å².